The van der Waals surface area contributed by atoms with Crippen molar-refractivity contribution in [1.29, 1.82) is 0 Å². The van der Waals surface area contributed by atoms with E-state index in [9.17, 15) is 13.2 Å². The molecule has 7 nitrogen and oxygen atoms in total. The number of sulfonamides is 1. The van der Waals surface area contributed by atoms with Gasteiger partial charge < -0.3 is 15.3 Å². The number of hydrogen-bond acceptors (Lipinski definition) is 5. The summed E-state index contributed by atoms with van der Waals surface area (Å²) in [5.74, 6) is -1.23. The number of aromatic carboxylic acids is 1. The summed E-state index contributed by atoms with van der Waals surface area (Å²) in [6.07, 6.45) is -1.21. The number of rotatable bonds is 6. The number of nitrogens with one attached hydrogen (secondary N) is 1. The molecule has 0 aromatic heterocycles. The molecule has 1 aromatic carbocycles. The molecule has 18 heavy (non-hydrogen) atoms. The van der Waals surface area contributed by atoms with E-state index in [-0.39, 0.29) is 17.0 Å². The second-order valence-electron chi connectivity index (χ2n) is 3.52. The maximum Gasteiger partial charge on any atom is 0.335 e. The fourth-order valence-corrected chi connectivity index (χ4v) is 2.27. The first-order valence-corrected chi connectivity index (χ1v) is 6.47. The Bertz CT molecular complexity index is 527. The van der Waals surface area contributed by atoms with Gasteiger partial charge in [0.25, 0.3) is 0 Å². The zero-order valence-electron chi connectivity index (χ0n) is 9.28. The highest BCUT2D eigenvalue weighted by atomic mass is 32.2. The SMILES string of the molecule is O=C(O)c1cccc(S(=O)(=O)NCC(O)CO)c1. The molecule has 0 amide bonds. The lowest BCUT2D eigenvalue weighted by Crippen LogP contribution is -2.33. The Labute approximate surface area is 104 Å². The van der Waals surface area contributed by atoms with Crippen molar-refractivity contribution in [2.75, 3.05) is 13.2 Å². The first kappa shape index (κ1) is 14.6. The summed E-state index contributed by atoms with van der Waals surface area (Å²) in [6.45, 7) is -0.923. The van der Waals surface area contributed by atoms with Crippen LogP contribution in [0.4, 0.5) is 0 Å². The molecule has 1 rings (SSSR count). The van der Waals surface area contributed by atoms with Crippen LogP contribution in [0.1, 0.15) is 10.4 Å². The van der Waals surface area contributed by atoms with E-state index in [2.05, 4.69) is 4.72 Å². The van der Waals surface area contributed by atoms with Crippen LogP contribution < -0.4 is 4.72 Å². The predicted molar refractivity (Wildman–Crippen MR) is 61.7 cm³/mol. The molecule has 0 heterocycles. The van der Waals surface area contributed by atoms with Gasteiger partial charge >= 0.3 is 5.97 Å². The molecule has 1 aromatic rings. The van der Waals surface area contributed by atoms with Crippen molar-refractivity contribution in [2.24, 2.45) is 0 Å². The maximum absolute atomic E-state index is 11.7. The summed E-state index contributed by atoms with van der Waals surface area (Å²) in [6, 6.07) is 4.82. The molecule has 0 aliphatic heterocycles. The van der Waals surface area contributed by atoms with Crippen LogP contribution in [0.25, 0.3) is 0 Å². The van der Waals surface area contributed by atoms with E-state index >= 15 is 0 Å². The van der Waals surface area contributed by atoms with Crippen LogP contribution in [0, 0.1) is 0 Å². The summed E-state index contributed by atoms with van der Waals surface area (Å²) < 4.78 is 25.5. The average molecular weight is 275 g/mol. The molecule has 0 bridgehead atoms. The van der Waals surface area contributed by atoms with Crippen LogP contribution in [0.2, 0.25) is 0 Å². The summed E-state index contributed by atoms with van der Waals surface area (Å²) >= 11 is 0. The quantitative estimate of drug-likeness (QED) is 0.529. The van der Waals surface area contributed by atoms with Gasteiger partial charge in [0.2, 0.25) is 10.0 Å². The third kappa shape index (κ3) is 3.77. The van der Waals surface area contributed by atoms with Gasteiger partial charge in [-0.2, -0.15) is 0 Å². The lowest BCUT2D eigenvalue weighted by molar-refractivity contribution is 0.0696. The molecule has 1 atom stereocenters. The van der Waals surface area contributed by atoms with Crippen molar-refractivity contribution in [1.82, 2.24) is 4.72 Å². The largest absolute Gasteiger partial charge is 0.478 e. The minimum absolute atomic E-state index is 0.152. The molecule has 0 saturated carbocycles. The van der Waals surface area contributed by atoms with Gasteiger partial charge in [0.1, 0.15) is 0 Å². The molecule has 4 N–H and O–H groups in total. The summed E-state index contributed by atoms with van der Waals surface area (Å²) in [5, 5.41) is 26.3. The molecule has 0 aliphatic rings. The number of carbonyl (C=O) groups is 1. The molecule has 0 radical (unpaired) electrons. The van der Waals surface area contributed by atoms with Crippen LogP contribution in [-0.2, 0) is 10.0 Å². The molecule has 100 valence electrons. The monoisotopic (exact) mass is 275 g/mol. The Morgan fingerprint density at radius 3 is 2.61 bits per heavy atom. The number of carboxylic acids is 1. The normalized spacial score (nSPS) is 13.2. The van der Waals surface area contributed by atoms with Gasteiger partial charge in [-0.05, 0) is 18.2 Å². The molecule has 1 unspecified atom stereocenters. The minimum atomic E-state index is -3.91. The lowest BCUT2D eigenvalue weighted by atomic mass is 10.2. The van der Waals surface area contributed by atoms with E-state index in [1.54, 1.807) is 0 Å². The van der Waals surface area contributed by atoms with Crippen molar-refractivity contribution >= 4 is 16.0 Å². The smallest absolute Gasteiger partial charge is 0.335 e. The maximum atomic E-state index is 11.7. The number of aliphatic hydroxyl groups is 2. The second kappa shape index (κ2) is 5.91. The van der Waals surface area contributed by atoms with Crippen LogP contribution in [0.5, 0.6) is 0 Å². The first-order valence-electron chi connectivity index (χ1n) is 4.99. The van der Waals surface area contributed by atoms with Gasteiger partial charge in [-0.1, -0.05) is 6.07 Å². The highest BCUT2D eigenvalue weighted by Crippen LogP contribution is 2.11. The lowest BCUT2D eigenvalue weighted by Gasteiger charge is -2.10. The first-order chi connectivity index (χ1) is 8.36. The van der Waals surface area contributed by atoms with Crippen molar-refractivity contribution in [3.63, 3.8) is 0 Å². The number of aliphatic hydroxyl groups excluding tert-OH is 2. The van der Waals surface area contributed by atoms with Crippen LogP contribution in [0.15, 0.2) is 29.2 Å². The van der Waals surface area contributed by atoms with Gasteiger partial charge in [-0.25, -0.2) is 17.9 Å². The van der Waals surface area contributed by atoms with E-state index in [0.29, 0.717) is 0 Å². The molecule has 0 fully saturated rings. The average Bonchev–Trinajstić information content (AvgIpc) is 2.36. The van der Waals surface area contributed by atoms with E-state index in [4.69, 9.17) is 15.3 Å². The molecular weight excluding hydrogens is 262 g/mol. The minimum Gasteiger partial charge on any atom is -0.478 e. The van der Waals surface area contributed by atoms with Gasteiger partial charge in [0.05, 0.1) is 23.2 Å². The number of benzene rings is 1. The zero-order chi connectivity index (χ0) is 13.8. The third-order valence-electron chi connectivity index (χ3n) is 2.11. The van der Waals surface area contributed by atoms with Gasteiger partial charge in [-0.3, -0.25) is 0 Å². The summed E-state index contributed by atoms with van der Waals surface area (Å²) in [5.41, 5.74) is -0.152. The fourth-order valence-electron chi connectivity index (χ4n) is 1.15. The van der Waals surface area contributed by atoms with Gasteiger partial charge in [0, 0.05) is 6.54 Å². The molecular formula is C10H13NO6S. The Morgan fingerprint density at radius 1 is 1.39 bits per heavy atom. The van der Waals surface area contributed by atoms with E-state index in [1.165, 1.54) is 18.2 Å². The summed E-state index contributed by atoms with van der Waals surface area (Å²) in [4.78, 5) is 10.5. The van der Waals surface area contributed by atoms with Crippen molar-refractivity contribution < 1.29 is 28.5 Å². The topological polar surface area (TPSA) is 124 Å². The van der Waals surface area contributed by atoms with Crippen molar-refractivity contribution in [3.05, 3.63) is 29.8 Å². The van der Waals surface area contributed by atoms with Crippen molar-refractivity contribution in [3.8, 4) is 0 Å². The second-order valence-corrected chi connectivity index (χ2v) is 5.29. The predicted octanol–water partition coefficient (Wildman–Crippen LogP) is -0.984. The standard InChI is InChI=1S/C10H13NO6S/c12-6-8(13)5-11-18(16,17)9-3-1-2-7(4-9)10(14)15/h1-4,8,11-13H,5-6H2,(H,14,15). The van der Waals surface area contributed by atoms with E-state index < -0.39 is 28.7 Å². The molecule has 8 heteroatoms. The Morgan fingerprint density at radius 2 is 2.06 bits per heavy atom. The number of hydrogen-bond donors (Lipinski definition) is 4. The molecule has 0 aliphatic carbocycles. The highest BCUT2D eigenvalue weighted by molar-refractivity contribution is 7.89. The molecule has 0 spiro atoms. The Kier molecular flexibility index (Phi) is 4.79. The van der Waals surface area contributed by atoms with Crippen LogP contribution >= 0.6 is 0 Å². The van der Waals surface area contributed by atoms with Crippen molar-refractivity contribution in [2.45, 2.75) is 11.0 Å². The zero-order valence-corrected chi connectivity index (χ0v) is 10.1. The van der Waals surface area contributed by atoms with Crippen LogP contribution in [-0.4, -0.2) is 49.0 Å². The van der Waals surface area contributed by atoms with Gasteiger partial charge in [-0.15, -0.1) is 0 Å². The fraction of sp³-hybridized carbons (Fsp3) is 0.300. The molecule has 0 saturated heterocycles. The number of carboxylic acid groups (broad SMARTS) is 1. The van der Waals surface area contributed by atoms with E-state index in [1.807, 2.05) is 0 Å². The van der Waals surface area contributed by atoms with E-state index in [0.717, 1.165) is 6.07 Å². The van der Waals surface area contributed by atoms with Crippen LogP contribution in [0.3, 0.4) is 0 Å². The third-order valence-corrected chi connectivity index (χ3v) is 3.53. The van der Waals surface area contributed by atoms with Gasteiger partial charge in [0.15, 0.2) is 0 Å². The Balaban J connectivity index is 2.91. The summed E-state index contributed by atoms with van der Waals surface area (Å²) in [7, 11) is -3.91. The highest BCUT2D eigenvalue weighted by Gasteiger charge is 2.17. The Hall–Kier alpha value is -1.48.